The molecule has 1 saturated heterocycles. The lowest BCUT2D eigenvalue weighted by Gasteiger charge is -2.15. The number of hydrogen-bond acceptors (Lipinski definition) is 4. The number of amides is 1. The SMILES string of the molecule is Cn1cc(C(=O)N2CCC(Cc3nccs3)C2)cn1. The first kappa shape index (κ1) is 12.3. The lowest BCUT2D eigenvalue weighted by atomic mass is 10.1. The Morgan fingerprint density at radius 1 is 1.58 bits per heavy atom. The third-order valence-electron chi connectivity index (χ3n) is 3.47. The Kier molecular flexibility index (Phi) is 3.33. The Hall–Kier alpha value is -1.69. The average molecular weight is 276 g/mol. The third kappa shape index (κ3) is 2.68. The predicted molar refractivity (Wildman–Crippen MR) is 73.0 cm³/mol. The monoisotopic (exact) mass is 276 g/mol. The number of nitrogens with zero attached hydrogens (tertiary/aromatic N) is 4. The Bertz CT molecular complexity index is 563. The van der Waals surface area contributed by atoms with Crippen LogP contribution in [0.3, 0.4) is 0 Å². The molecule has 2 aromatic rings. The fourth-order valence-corrected chi connectivity index (χ4v) is 3.23. The molecule has 1 atom stereocenters. The van der Waals surface area contributed by atoms with Gasteiger partial charge in [0, 0.05) is 44.3 Å². The largest absolute Gasteiger partial charge is 0.338 e. The van der Waals surface area contributed by atoms with E-state index in [0.717, 1.165) is 25.9 Å². The van der Waals surface area contributed by atoms with E-state index in [1.54, 1.807) is 28.4 Å². The first-order valence-electron chi connectivity index (χ1n) is 6.38. The van der Waals surface area contributed by atoms with Crippen molar-refractivity contribution in [1.29, 1.82) is 0 Å². The second kappa shape index (κ2) is 5.13. The van der Waals surface area contributed by atoms with Crippen molar-refractivity contribution in [2.75, 3.05) is 13.1 Å². The minimum Gasteiger partial charge on any atom is -0.338 e. The summed E-state index contributed by atoms with van der Waals surface area (Å²) in [6.07, 6.45) is 7.29. The van der Waals surface area contributed by atoms with Gasteiger partial charge >= 0.3 is 0 Å². The van der Waals surface area contributed by atoms with E-state index in [1.807, 2.05) is 23.5 Å². The summed E-state index contributed by atoms with van der Waals surface area (Å²) in [6, 6.07) is 0. The van der Waals surface area contributed by atoms with Crippen molar-refractivity contribution in [2.24, 2.45) is 13.0 Å². The van der Waals surface area contributed by atoms with Crippen LogP contribution in [-0.4, -0.2) is 38.7 Å². The Morgan fingerprint density at radius 2 is 2.47 bits per heavy atom. The van der Waals surface area contributed by atoms with Gasteiger partial charge in [-0.2, -0.15) is 5.10 Å². The van der Waals surface area contributed by atoms with Crippen LogP contribution < -0.4 is 0 Å². The standard InChI is InChI=1S/C13H16N4OS/c1-16-9-11(7-15-16)13(18)17-4-2-10(8-17)6-12-14-3-5-19-12/h3,5,7,9-10H,2,4,6,8H2,1H3. The molecular formula is C13H16N4OS. The molecule has 0 spiro atoms. The second-order valence-corrected chi connectivity index (χ2v) is 5.92. The lowest BCUT2D eigenvalue weighted by Crippen LogP contribution is -2.28. The molecule has 1 unspecified atom stereocenters. The highest BCUT2D eigenvalue weighted by Crippen LogP contribution is 2.23. The molecule has 1 fully saturated rings. The van der Waals surface area contributed by atoms with Crippen molar-refractivity contribution in [3.05, 3.63) is 34.5 Å². The molecule has 0 N–H and O–H groups in total. The van der Waals surface area contributed by atoms with Gasteiger partial charge in [0.1, 0.15) is 0 Å². The summed E-state index contributed by atoms with van der Waals surface area (Å²) in [7, 11) is 1.83. The fraction of sp³-hybridized carbons (Fsp3) is 0.462. The van der Waals surface area contributed by atoms with Crippen LogP contribution in [0.4, 0.5) is 0 Å². The van der Waals surface area contributed by atoms with Gasteiger partial charge in [0.25, 0.3) is 5.91 Å². The Labute approximate surface area is 115 Å². The summed E-state index contributed by atoms with van der Waals surface area (Å²) in [5.74, 6) is 0.626. The molecule has 0 aliphatic carbocycles. The van der Waals surface area contributed by atoms with Crippen molar-refractivity contribution < 1.29 is 4.79 Å². The summed E-state index contributed by atoms with van der Waals surface area (Å²) in [6.45, 7) is 1.66. The summed E-state index contributed by atoms with van der Waals surface area (Å²) in [4.78, 5) is 18.5. The maximum absolute atomic E-state index is 12.3. The number of hydrogen-bond donors (Lipinski definition) is 0. The van der Waals surface area contributed by atoms with E-state index in [4.69, 9.17) is 0 Å². The van der Waals surface area contributed by atoms with Crippen LogP contribution in [0.25, 0.3) is 0 Å². The molecule has 3 rings (SSSR count). The summed E-state index contributed by atoms with van der Waals surface area (Å²) >= 11 is 1.69. The van der Waals surface area contributed by atoms with E-state index in [0.29, 0.717) is 11.5 Å². The zero-order chi connectivity index (χ0) is 13.2. The van der Waals surface area contributed by atoms with Crippen molar-refractivity contribution >= 4 is 17.2 Å². The van der Waals surface area contributed by atoms with Gasteiger partial charge in [0.05, 0.1) is 16.8 Å². The molecule has 3 heterocycles. The summed E-state index contributed by atoms with van der Waals surface area (Å²) in [5.41, 5.74) is 0.678. The molecule has 0 aromatic carbocycles. The van der Waals surface area contributed by atoms with Gasteiger partial charge in [-0.1, -0.05) is 0 Å². The number of thiazole rings is 1. The molecular weight excluding hydrogens is 260 g/mol. The highest BCUT2D eigenvalue weighted by Gasteiger charge is 2.28. The van der Waals surface area contributed by atoms with Crippen LogP contribution >= 0.6 is 11.3 Å². The van der Waals surface area contributed by atoms with Gasteiger partial charge in [-0.15, -0.1) is 11.3 Å². The molecule has 1 aliphatic rings. The topological polar surface area (TPSA) is 51.0 Å². The molecule has 1 amide bonds. The van der Waals surface area contributed by atoms with Crippen LogP contribution in [0, 0.1) is 5.92 Å². The Balaban J connectivity index is 1.61. The van der Waals surface area contributed by atoms with Crippen LogP contribution in [0.15, 0.2) is 24.0 Å². The van der Waals surface area contributed by atoms with Crippen molar-refractivity contribution in [3.63, 3.8) is 0 Å². The maximum Gasteiger partial charge on any atom is 0.257 e. The van der Waals surface area contributed by atoms with Crippen molar-refractivity contribution in [3.8, 4) is 0 Å². The van der Waals surface area contributed by atoms with Gasteiger partial charge in [0.15, 0.2) is 0 Å². The molecule has 5 nitrogen and oxygen atoms in total. The molecule has 100 valence electrons. The molecule has 19 heavy (non-hydrogen) atoms. The van der Waals surface area contributed by atoms with Crippen molar-refractivity contribution in [1.82, 2.24) is 19.7 Å². The van der Waals surface area contributed by atoms with E-state index in [1.165, 1.54) is 5.01 Å². The minimum absolute atomic E-state index is 0.0924. The second-order valence-electron chi connectivity index (χ2n) is 4.94. The molecule has 0 saturated carbocycles. The summed E-state index contributed by atoms with van der Waals surface area (Å²) < 4.78 is 1.66. The smallest absolute Gasteiger partial charge is 0.257 e. The zero-order valence-corrected chi connectivity index (χ0v) is 11.6. The van der Waals surface area contributed by atoms with Gasteiger partial charge in [-0.3, -0.25) is 9.48 Å². The quantitative estimate of drug-likeness (QED) is 0.855. The van der Waals surface area contributed by atoms with Gasteiger partial charge in [0.2, 0.25) is 0 Å². The van der Waals surface area contributed by atoms with Gasteiger partial charge in [-0.25, -0.2) is 4.98 Å². The third-order valence-corrected chi connectivity index (χ3v) is 4.27. The number of likely N-dealkylation sites (tertiary alicyclic amines) is 1. The highest BCUT2D eigenvalue weighted by molar-refractivity contribution is 7.09. The predicted octanol–water partition coefficient (Wildman–Crippen LogP) is 1.58. The van der Waals surface area contributed by atoms with E-state index in [-0.39, 0.29) is 5.91 Å². The van der Waals surface area contributed by atoms with Gasteiger partial charge in [-0.05, 0) is 12.3 Å². The average Bonchev–Trinajstić information content (AvgIpc) is 3.10. The number of carbonyl (C=O) groups excluding carboxylic acids is 1. The number of aromatic nitrogens is 3. The normalized spacial score (nSPS) is 19.0. The van der Waals surface area contributed by atoms with E-state index in [2.05, 4.69) is 10.1 Å². The summed E-state index contributed by atoms with van der Waals surface area (Å²) in [5, 5.41) is 7.22. The molecule has 1 aliphatic heterocycles. The Morgan fingerprint density at radius 3 is 3.16 bits per heavy atom. The van der Waals surface area contributed by atoms with E-state index in [9.17, 15) is 4.79 Å². The number of carbonyl (C=O) groups is 1. The number of aryl methyl sites for hydroxylation is 1. The minimum atomic E-state index is 0.0924. The maximum atomic E-state index is 12.3. The van der Waals surface area contributed by atoms with Crippen LogP contribution in [-0.2, 0) is 13.5 Å². The molecule has 0 radical (unpaired) electrons. The first-order valence-corrected chi connectivity index (χ1v) is 7.26. The molecule has 0 bridgehead atoms. The highest BCUT2D eigenvalue weighted by atomic mass is 32.1. The van der Waals surface area contributed by atoms with Crippen molar-refractivity contribution in [2.45, 2.75) is 12.8 Å². The van der Waals surface area contributed by atoms with E-state index >= 15 is 0 Å². The van der Waals surface area contributed by atoms with Crippen LogP contribution in [0.2, 0.25) is 0 Å². The van der Waals surface area contributed by atoms with Gasteiger partial charge < -0.3 is 4.90 Å². The zero-order valence-electron chi connectivity index (χ0n) is 10.8. The molecule has 2 aromatic heterocycles. The number of rotatable bonds is 3. The lowest BCUT2D eigenvalue weighted by molar-refractivity contribution is 0.0787. The first-order chi connectivity index (χ1) is 9.22. The molecule has 6 heteroatoms. The van der Waals surface area contributed by atoms with E-state index < -0.39 is 0 Å². The van der Waals surface area contributed by atoms with Crippen LogP contribution in [0.5, 0.6) is 0 Å². The fourth-order valence-electron chi connectivity index (χ4n) is 2.50. The van der Waals surface area contributed by atoms with Crippen LogP contribution in [0.1, 0.15) is 21.8 Å².